The molecule has 0 saturated heterocycles. The number of hydrogen-bond acceptors (Lipinski definition) is 2. The number of hydrogen-bond donors (Lipinski definition) is 0. The summed E-state index contributed by atoms with van der Waals surface area (Å²) in [6.07, 6.45) is 0. The molecule has 0 spiro atoms. The van der Waals surface area contributed by atoms with Crippen molar-refractivity contribution in [2.24, 2.45) is 5.92 Å². The Labute approximate surface area is 104 Å². The van der Waals surface area contributed by atoms with Gasteiger partial charge in [-0.3, -0.25) is 9.69 Å². The van der Waals surface area contributed by atoms with E-state index in [2.05, 4.69) is 13.8 Å². The van der Waals surface area contributed by atoms with Gasteiger partial charge in [-0.1, -0.05) is 32.0 Å². The van der Waals surface area contributed by atoms with Crippen LogP contribution in [0, 0.1) is 5.92 Å². The minimum Gasteiger partial charge on any atom is -0.314 e. The highest BCUT2D eigenvalue weighted by atomic mass is 16.2. The van der Waals surface area contributed by atoms with Crippen molar-refractivity contribution in [3.63, 3.8) is 0 Å². The van der Waals surface area contributed by atoms with E-state index >= 15 is 0 Å². The molecule has 94 valence electrons. The van der Waals surface area contributed by atoms with Gasteiger partial charge in [0.25, 0.3) is 0 Å². The van der Waals surface area contributed by atoms with Crippen LogP contribution in [-0.2, 0) is 4.79 Å². The quantitative estimate of drug-likeness (QED) is 0.797. The van der Waals surface area contributed by atoms with Crippen molar-refractivity contribution in [2.75, 3.05) is 26.0 Å². The van der Waals surface area contributed by atoms with Gasteiger partial charge in [-0.05, 0) is 32.1 Å². The molecule has 0 unspecified atom stereocenters. The molecule has 0 saturated carbocycles. The molecule has 3 heteroatoms. The molecule has 17 heavy (non-hydrogen) atoms. The van der Waals surface area contributed by atoms with Crippen LogP contribution in [0.2, 0.25) is 0 Å². The fourth-order valence-corrected chi connectivity index (χ4v) is 2.08. The highest BCUT2D eigenvalue weighted by molar-refractivity contribution is 5.96. The number of para-hydroxylation sites is 1. The molecule has 1 atom stereocenters. The maximum atomic E-state index is 12.4. The number of amides is 1. The van der Waals surface area contributed by atoms with E-state index in [9.17, 15) is 4.79 Å². The van der Waals surface area contributed by atoms with Gasteiger partial charge in [-0.25, -0.2) is 0 Å². The first-order valence-corrected chi connectivity index (χ1v) is 5.94. The molecule has 1 aromatic rings. The standard InChI is InChI=1S/C14H22N2O/c1-11(2)13(15(3)4)14(17)16(5)12-9-7-6-8-10-12/h6-11,13H,1-5H3/t13-/m0/s1. The third-order valence-electron chi connectivity index (χ3n) is 2.91. The molecular formula is C14H22N2O. The van der Waals surface area contributed by atoms with E-state index < -0.39 is 0 Å². The molecule has 0 aromatic heterocycles. The fourth-order valence-electron chi connectivity index (χ4n) is 2.08. The minimum absolute atomic E-state index is 0.0831. The van der Waals surface area contributed by atoms with Gasteiger partial charge < -0.3 is 4.90 Å². The third-order valence-corrected chi connectivity index (χ3v) is 2.91. The number of benzene rings is 1. The van der Waals surface area contributed by atoms with Crippen LogP contribution in [0.5, 0.6) is 0 Å². The summed E-state index contributed by atoms with van der Waals surface area (Å²) in [6, 6.07) is 9.65. The second-order valence-electron chi connectivity index (χ2n) is 4.89. The Balaban J connectivity index is 2.89. The van der Waals surface area contributed by atoms with Crippen LogP contribution in [0.25, 0.3) is 0 Å². The average Bonchev–Trinajstić information content (AvgIpc) is 2.28. The van der Waals surface area contributed by atoms with E-state index in [1.165, 1.54) is 0 Å². The summed E-state index contributed by atoms with van der Waals surface area (Å²) < 4.78 is 0. The van der Waals surface area contributed by atoms with E-state index in [-0.39, 0.29) is 11.9 Å². The van der Waals surface area contributed by atoms with Crippen molar-refractivity contribution in [2.45, 2.75) is 19.9 Å². The zero-order chi connectivity index (χ0) is 13.0. The predicted molar refractivity (Wildman–Crippen MR) is 72.2 cm³/mol. The van der Waals surface area contributed by atoms with E-state index in [1.807, 2.05) is 56.4 Å². The van der Waals surface area contributed by atoms with Crippen LogP contribution < -0.4 is 4.90 Å². The summed E-state index contributed by atoms with van der Waals surface area (Å²) in [6.45, 7) is 4.14. The Morgan fingerprint density at radius 1 is 1.06 bits per heavy atom. The summed E-state index contributed by atoms with van der Waals surface area (Å²) in [4.78, 5) is 16.1. The summed E-state index contributed by atoms with van der Waals surface area (Å²) in [5, 5.41) is 0. The molecule has 0 aliphatic heterocycles. The lowest BCUT2D eigenvalue weighted by Gasteiger charge is -2.30. The number of likely N-dealkylation sites (N-methyl/N-ethyl adjacent to an activating group) is 2. The van der Waals surface area contributed by atoms with Crippen LogP contribution in [0.4, 0.5) is 5.69 Å². The monoisotopic (exact) mass is 234 g/mol. The van der Waals surface area contributed by atoms with Crippen molar-refractivity contribution in [1.29, 1.82) is 0 Å². The van der Waals surface area contributed by atoms with Crippen molar-refractivity contribution in [3.05, 3.63) is 30.3 Å². The van der Waals surface area contributed by atoms with E-state index in [1.54, 1.807) is 4.90 Å². The molecule has 0 N–H and O–H groups in total. The second-order valence-corrected chi connectivity index (χ2v) is 4.89. The van der Waals surface area contributed by atoms with Crippen LogP contribution in [0.1, 0.15) is 13.8 Å². The minimum atomic E-state index is -0.0831. The Kier molecular flexibility index (Phi) is 4.70. The molecular weight excluding hydrogens is 212 g/mol. The highest BCUT2D eigenvalue weighted by Gasteiger charge is 2.27. The van der Waals surface area contributed by atoms with Crippen molar-refractivity contribution in [1.82, 2.24) is 4.90 Å². The average molecular weight is 234 g/mol. The third kappa shape index (κ3) is 3.30. The Hall–Kier alpha value is -1.35. The lowest BCUT2D eigenvalue weighted by atomic mass is 10.0. The lowest BCUT2D eigenvalue weighted by molar-refractivity contribution is -0.124. The summed E-state index contributed by atoms with van der Waals surface area (Å²) in [5.41, 5.74) is 0.935. The Morgan fingerprint density at radius 2 is 1.59 bits per heavy atom. The predicted octanol–water partition coefficient (Wildman–Crippen LogP) is 2.24. The SMILES string of the molecule is CC(C)[C@@H](C(=O)N(C)c1ccccc1)N(C)C. The largest absolute Gasteiger partial charge is 0.314 e. The second kappa shape index (κ2) is 5.82. The van der Waals surface area contributed by atoms with Gasteiger partial charge in [-0.15, -0.1) is 0 Å². The molecule has 0 bridgehead atoms. The highest BCUT2D eigenvalue weighted by Crippen LogP contribution is 2.16. The molecule has 0 aliphatic carbocycles. The van der Waals surface area contributed by atoms with Crippen LogP contribution in [-0.4, -0.2) is 38.0 Å². The zero-order valence-corrected chi connectivity index (χ0v) is 11.3. The van der Waals surface area contributed by atoms with E-state index in [0.717, 1.165) is 5.69 Å². The zero-order valence-electron chi connectivity index (χ0n) is 11.3. The molecule has 1 amide bonds. The number of anilines is 1. The Morgan fingerprint density at radius 3 is 2.00 bits per heavy atom. The first-order chi connectivity index (χ1) is 7.95. The smallest absolute Gasteiger partial charge is 0.244 e. The van der Waals surface area contributed by atoms with Gasteiger partial charge in [0.15, 0.2) is 0 Å². The van der Waals surface area contributed by atoms with Crippen LogP contribution >= 0.6 is 0 Å². The van der Waals surface area contributed by atoms with Gasteiger partial charge in [-0.2, -0.15) is 0 Å². The molecule has 0 fully saturated rings. The van der Waals surface area contributed by atoms with Crippen LogP contribution in [0.15, 0.2) is 30.3 Å². The molecule has 0 heterocycles. The molecule has 3 nitrogen and oxygen atoms in total. The summed E-state index contributed by atoms with van der Waals surface area (Å²) >= 11 is 0. The van der Waals surface area contributed by atoms with Gasteiger partial charge in [0.2, 0.25) is 5.91 Å². The first kappa shape index (κ1) is 13.7. The van der Waals surface area contributed by atoms with E-state index in [4.69, 9.17) is 0 Å². The van der Waals surface area contributed by atoms with Gasteiger partial charge in [0.1, 0.15) is 0 Å². The molecule has 0 radical (unpaired) electrons. The normalized spacial score (nSPS) is 12.9. The fraction of sp³-hybridized carbons (Fsp3) is 0.500. The molecule has 1 aromatic carbocycles. The van der Waals surface area contributed by atoms with Crippen molar-refractivity contribution in [3.8, 4) is 0 Å². The first-order valence-electron chi connectivity index (χ1n) is 5.94. The van der Waals surface area contributed by atoms with Crippen molar-refractivity contribution >= 4 is 11.6 Å². The molecule has 1 rings (SSSR count). The summed E-state index contributed by atoms with van der Waals surface area (Å²) in [5.74, 6) is 0.430. The van der Waals surface area contributed by atoms with Crippen molar-refractivity contribution < 1.29 is 4.79 Å². The van der Waals surface area contributed by atoms with Gasteiger partial charge >= 0.3 is 0 Å². The maximum absolute atomic E-state index is 12.4. The topological polar surface area (TPSA) is 23.6 Å². The Bertz CT molecular complexity index is 352. The lowest BCUT2D eigenvalue weighted by Crippen LogP contribution is -2.47. The maximum Gasteiger partial charge on any atom is 0.244 e. The van der Waals surface area contributed by atoms with Gasteiger partial charge in [0, 0.05) is 12.7 Å². The number of nitrogens with zero attached hydrogens (tertiary/aromatic N) is 2. The number of carbonyl (C=O) groups excluding carboxylic acids is 1. The van der Waals surface area contributed by atoms with Crippen LogP contribution in [0.3, 0.4) is 0 Å². The van der Waals surface area contributed by atoms with E-state index in [0.29, 0.717) is 5.92 Å². The molecule has 0 aliphatic rings. The number of carbonyl (C=O) groups is 1. The number of rotatable bonds is 4. The van der Waals surface area contributed by atoms with Gasteiger partial charge in [0.05, 0.1) is 6.04 Å². The summed E-state index contributed by atoms with van der Waals surface area (Å²) in [7, 11) is 5.72.